The van der Waals surface area contributed by atoms with Gasteiger partial charge in [-0.05, 0) is 46.8 Å². The molecule has 4 rings (SSSR count). The van der Waals surface area contributed by atoms with E-state index in [2.05, 4.69) is 20.0 Å². The van der Waals surface area contributed by atoms with Crippen LogP contribution in [0.15, 0.2) is 36.7 Å². The number of halogens is 1. The van der Waals surface area contributed by atoms with Crippen molar-refractivity contribution in [2.45, 2.75) is 71.2 Å². The average Bonchev–Trinajstić information content (AvgIpc) is 3.42. The molecule has 1 fully saturated rings. The number of rotatable bonds is 12. The van der Waals surface area contributed by atoms with Crippen molar-refractivity contribution in [3.63, 3.8) is 0 Å². The molecule has 5 atom stereocenters. The van der Waals surface area contributed by atoms with Crippen molar-refractivity contribution < 1.29 is 37.0 Å². The molecule has 0 aliphatic carbocycles. The number of hydrogen-bond donors (Lipinski definition) is 2. The van der Waals surface area contributed by atoms with Crippen LogP contribution >= 0.6 is 7.75 Å². The maximum absolute atomic E-state index is 15.9. The number of imidazole rings is 1. The number of aromatic nitrogens is 4. The number of carbonyl (C=O) groups excluding carboxylic acids is 1. The minimum atomic E-state index is -4.15. The summed E-state index contributed by atoms with van der Waals surface area (Å²) in [6.07, 6.45) is -1.10. The Morgan fingerprint density at radius 1 is 1.30 bits per heavy atom. The molecule has 1 aromatic carbocycles. The molecule has 218 valence electrons. The fraction of sp³-hybridized carbons (Fsp3) is 0.520. The Hall–Kier alpha value is -3.32. The van der Waals surface area contributed by atoms with Crippen LogP contribution < -0.4 is 20.1 Å². The van der Waals surface area contributed by atoms with Gasteiger partial charge in [-0.3, -0.25) is 13.9 Å². The van der Waals surface area contributed by atoms with Crippen molar-refractivity contribution in [3.8, 4) is 11.6 Å². The molecule has 1 aliphatic heterocycles. The highest BCUT2D eigenvalue weighted by molar-refractivity contribution is 7.52. The van der Waals surface area contributed by atoms with Gasteiger partial charge < -0.3 is 24.5 Å². The summed E-state index contributed by atoms with van der Waals surface area (Å²) in [7, 11) is -4.15. The van der Waals surface area contributed by atoms with Crippen LogP contribution in [0.2, 0.25) is 0 Å². The Labute approximate surface area is 231 Å². The summed E-state index contributed by atoms with van der Waals surface area (Å²) < 4.78 is 59.1. The third-order valence-electron chi connectivity index (χ3n) is 5.86. The number of nitrogens with zero attached hydrogens (tertiary/aromatic N) is 4. The van der Waals surface area contributed by atoms with E-state index in [1.165, 1.54) is 24.7 Å². The van der Waals surface area contributed by atoms with E-state index in [4.69, 9.17) is 29.0 Å². The smallest absolute Gasteiger partial charge is 0.459 e. The van der Waals surface area contributed by atoms with E-state index in [0.717, 1.165) is 0 Å². The molecular weight excluding hydrogens is 546 g/mol. The van der Waals surface area contributed by atoms with Crippen LogP contribution in [-0.4, -0.2) is 62.6 Å². The number of benzene rings is 1. The molecule has 0 amide bonds. The Bertz CT molecular complexity index is 1370. The fourth-order valence-corrected chi connectivity index (χ4v) is 5.72. The Morgan fingerprint density at radius 2 is 2.02 bits per heavy atom. The molecular formula is C25H34FN6O7P. The molecule has 40 heavy (non-hydrogen) atoms. The van der Waals surface area contributed by atoms with Crippen LogP contribution in [-0.2, 0) is 23.4 Å². The standard InChI is InChI=1S/C25H34FN6O7P/c1-6-35-21-19-20(29-24(27)30-21)32(14-28-19)23-25(5,26)12-18(38-23)13-36-40(34,39-17-10-8-7-9-11-17)31-16(4)22(33)37-15(2)3/h7-11,14-16,18,23H,6,12-13H2,1-5H3,(H,31,34)(H2,27,29,30)/t16-,18-,23+,25+,40+/m0/s1. The summed E-state index contributed by atoms with van der Waals surface area (Å²) in [5.41, 5.74) is 4.50. The number of nitrogens with two attached hydrogens (primary N) is 1. The zero-order valence-electron chi connectivity index (χ0n) is 22.9. The average molecular weight is 581 g/mol. The summed E-state index contributed by atoms with van der Waals surface area (Å²) in [4.78, 5) is 24.9. The number of hydrogen-bond acceptors (Lipinski definition) is 11. The molecule has 0 bridgehead atoms. The first-order valence-corrected chi connectivity index (χ1v) is 14.4. The van der Waals surface area contributed by atoms with Gasteiger partial charge in [-0.25, -0.2) is 13.9 Å². The number of carbonyl (C=O) groups is 1. The fourth-order valence-electron chi connectivity index (χ4n) is 4.20. The molecule has 0 spiro atoms. The molecule has 0 saturated carbocycles. The van der Waals surface area contributed by atoms with Crippen molar-refractivity contribution in [2.24, 2.45) is 0 Å². The lowest BCUT2D eigenvalue weighted by Crippen LogP contribution is -2.36. The van der Waals surface area contributed by atoms with Crippen LogP contribution in [0.1, 0.15) is 47.3 Å². The van der Waals surface area contributed by atoms with Gasteiger partial charge in [-0.1, -0.05) is 18.2 Å². The first-order chi connectivity index (χ1) is 18.9. The lowest BCUT2D eigenvalue weighted by Gasteiger charge is -2.24. The molecule has 0 radical (unpaired) electrons. The van der Waals surface area contributed by atoms with Crippen molar-refractivity contribution in [3.05, 3.63) is 36.7 Å². The highest BCUT2D eigenvalue weighted by atomic mass is 31.2. The number of alkyl halides is 1. The highest BCUT2D eigenvalue weighted by Gasteiger charge is 2.48. The summed E-state index contributed by atoms with van der Waals surface area (Å²) in [5, 5.41) is 2.61. The van der Waals surface area contributed by atoms with Crippen LogP contribution in [0.25, 0.3) is 11.2 Å². The zero-order valence-corrected chi connectivity index (χ0v) is 23.8. The minimum absolute atomic E-state index is 0.0636. The second kappa shape index (κ2) is 12.0. The number of para-hydroxylation sites is 1. The first kappa shape index (κ1) is 29.7. The lowest BCUT2D eigenvalue weighted by atomic mass is 10.0. The van der Waals surface area contributed by atoms with E-state index >= 15 is 4.39 Å². The SMILES string of the molecule is CCOc1nc(N)nc2c1ncn2[C@@H]1O[C@H](CO[P@](=O)(N[C@@H](C)C(=O)OC(C)C)Oc2ccccc2)C[C@@]1(C)F. The van der Waals surface area contributed by atoms with Crippen LogP contribution in [0.3, 0.4) is 0 Å². The van der Waals surface area contributed by atoms with Gasteiger partial charge in [0.2, 0.25) is 11.8 Å². The molecule has 3 aromatic rings. The van der Waals surface area contributed by atoms with Gasteiger partial charge in [0.25, 0.3) is 0 Å². The normalized spacial score (nSPS) is 23.2. The summed E-state index contributed by atoms with van der Waals surface area (Å²) in [5.74, 6) is -0.275. The van der Waals surface area contributed by atoms with Crippen molar-refractivity contribution in [1.29, 1.82) is 0 Å². The van der Waals surface area contributed by atoms with E-state index < -0.39 is 37.8 Å². The Balaban J connectivity index is 1.52. The number of ether oxygens (including phenoxy) is 3. The molecule has 2 aromatic heterocycles. The summed E-state index contributed by atoms with van der Waals surface area (Å²) >= 11 is 0. The predicted molar refractivity (Wildman–Crippen MR) is 143 cm³/mol. The largest absolute Gasteiger partial charge is 0.476 e. The van der Waals surface area contributed by atoms with E-state index in [1.54, 1.807) is 51.1 Å². The van der Waals surface area contributed by atoms with Crippen molar-refractivity contribution in [2.75, 3.05) is 18.9 Å². The molecule has 1 aliphatic rings. The van der Waals surface area contributed by atoms with E-state index in [9.17, 15) is 9.36 Å². The number of nitrogens with one attached hydrogen (secondary N) is 1. The number of fused-ring (bicyclic) bond motifs is 1. The number of esters is 1. The Morgan fingerprint density at radius 3 is 2.70 bits per heavy atom. The predicted octanol–water partition coefficient (Wildman–Crippen LogP) is 3.96. The molecule has 0 unspecified atom stereocenters. The zero-order chi connectivity index (χ0) is 29.1. The van der Waals surface area contributed by atoms with Crippen molar-refractivity contribution in [1.82, 2.24) is 24.6 Å². The molecule has 15 heteroatoms. The van der Waals surface area contributed by atoms with E-state index in [-0.39, 0.29) is 42.4 Å². The highest BCUT2D eigenvalue weighted by Crippen LogP contribution is 2.48. The van der Waals surface area contributed by atoms with Gasteiger partial charge >= 0.3 is 13.7 Å². The van der Waals surface area contributed by atoms with Gasteiger partial charge in [0.1, 0.15) is 11.8 Å². The lowest BCUT2D eigenvalue weighted by molar-refractivity contribution is -0.149. The maximum atomic E-state index is 15.9. The van der Waals surface area contributed by atoms with Gasteiger partial charge in [0.15, 0.2) is 23.1 Å². The summed E-state index contributed by atoms with van der Waals surface area (Å²) in [6.45, 7) is 8.05. The van der Waals surface area contributed by atoms with E-state index in [1.807, 2.05) is 0 Å². The van der Waals surface area contributed by atoms with E-state index in [0.29, 0.717) is 12.1 Å². The van der Waals surface area contributed by atoms with Crippen molar-refractivity contribution >= 4 is 30.8 Å². The second-order valence-corrected chi connectivity index (χ2v) is 11.5. The van der Waals surface area contributed by atoms with Gasteiger partial charge in [0, 0.05) is 6.42 Å². The number of nitrogen functional groups attached to an aromatic ring is 1. The topological polar surface area (TPSA) is 162 Å². The van der Waals surface area contributed by atoms with Gasteiger partial charge in [0.05, 0.1) is 31.7 Å². The molecule has 13 nitrogen and oxygen atoms in total. The van der Waals surface area contributed by atoms with Crippen LogP contribution in [0, 0.1) is 0 Å². The molecule has 1 saturated heterocycles. The first-order valence-electron chi connectivity index (χ1n) is 12.9. The number of anilines is 1. The Kier molecular flexibility index (Phi) is 8.93. The minimum Gasteiger partial charge on any atom is -0.476 e. The van der Waals surface area contributed by atoms with Gasteiger partial charge in [-0.15, -0.1) is 0 Å². The van der Waals surface area contributed by atoms with Crippen LogP contribution in [0.5, 0.6) is 11.6 Å². The maximum Gasteiger partial charge on any atom is 0.459 e. The second-order valence-electron chi connectivity index (χ2n) is 9.77. The monoisotopic (exact) mass is 580 g/mol. The third kappa shape index (κ3) is 6.87. The van der Waals surface area contributed by atoms with Crippen LogP contribution in [0.4, 0.5) is 10.3 Å². The molecule has 3 N–H and O–H groups in total. The molecule has 3 heterocycles. The third-order valence-corrected chi connectivity index (χ3v) is 7.50. The quantitative estimate of drug-likeness (QED) is 0.235. The summed E-state index contributed by atoms with van der Waals surface area (Å²) in [6, 6.07) is 7.30. The van der Waals surface area contributed by atoms with Gasteiger partial charge in [-0.2, -0.15) is 15.1 Å².